The lowest BCUT2D eigenvalue weighted by molar-refractivity contribution is 0.0936. The summed E-state index contributed by atoms with van der Waals surface area (Å²) in [6.45, 7) is 10.0. The van der Waals surface area contributed by atoms with Crippen molar-refractivity contribution in [2.24, 2.45) is 0 Å². The Labute approximate surface area is 185 Å². The molecule has 0 aromatic heterocycles. The molecule has 2 rings (SSSR count). The second-order valence-electron chi connectivity index (χ2n) is 7.38. The van der Waals surface area contributed by atoms with Gasteiger partial charge in [-0.25, -0.2) is 8.42 Å². The molecule has 1 unspecified atom stereocenters. The van der Waals surface area contributed by atoms with E-state index in [0.717, 1.165) is 11.3 Å². The van der Waals surface area contributed by atoms with Gasteiger partial charge in [-0.1, -0.05) is 26.0 Å². The van der Waals surface area contributed by atoms with E-state index in [1.165, 1.54) is 29.6 Å². The maximum atomic E-state index is 13.0. The predicted octanol–water partition coefficient (Wildman–Crippen LogP) is 4.00. The Bertz CT molecular complexity index is 984. The molecule has 0 aliphatic rings. The summed E-state index contributed by atoms with van der Waals surface area (Å²) < 4.78 is 38.0. The molecular weight excluding hydrogens is 416 g/mol. The van der Waals surface area contributed by atoms with E-state index >= 15 is 0 Å². The summed E-state index contributed by atoms with van der Waals surface area (Å²) in [6.07, 6.45) is 0.0790. The van der Waals surface area contributed by atoms with Crippen LogP contribution in [0.5, 0.6) is 11.5 Å². The summed E-state index contributed by atoms with van der Waals surface area (Å²) in [4.78, 5) is 13.0. The number of sulfonamides is 1. The van der Waals surface area contributed by atoms with Crippen LogP contribution in [0.15, 0.2) is 47.4 Å². The Balaban J connectivity index is 2.27. The van der Waals surface area contributed by atoms with Crippen LogP contribution in [-0.2, 0) is 10.0 Å². The number of hydrogen-bond donors (Lipinski definition) is 1. The molecule has 0 fully saturated rings. The summed E-state index contributed by atoms with van der Waals surface area (Å²) >= 11 is 0. The van der Waals surface area contributed by atoms with Crippen molar-refractivity contribution in [1.82, 2.24) is 9.62 Å². The van der Waals surface area contributed by atoms with Crippen LogP contribution in [0.25, 0.3) is 0 Å². The maximum absolute atomic E-state index is 13.0. The zero-order chi connectivity index (χ0) is 23.2. The molecular formula is C23H32N2O5S. The monoisotopic (exact) mass is 448 g/mol. The third-order valence-corrected chi connectivity index (χ3v) is 6.90. The highest BCUT2D eigenvalue weighted by molar-refractivity contribution is 7.89. The standard InChI is InChI=1S/C23H32N2O5S/c1-7-25(8-2)31(27,28)20-13-14-22(29-6)21(15-20)23(26)24-17(5)18-9-11-19(12-10-18)30-16(3)4/h9-17H,7-8H2,1-6H3,(H,24,26). The molecule has 1 N–H and O–H groups in total. The van der Waals surface area contributed by atoms with Crippen LogP contribution in [0.4, 0.5) is 0 Å². The number of ether oxygens (including phenoxy) is 2. The molecule has 170 valence electrons. The molecule has 0 radical (unpaired) electrons. The smallest absolute Gasteiger partial charge is 0.255 e. The first-order chi connectivity index (χ1) is 14.6. The molecule has 0 heterocycles. The first-order valence-electron chi connectivity index (χ1n) is 10.4. The van der Waals surface area contributed by atoms with Gasteiger partial charge in [0, 0.05) is 13.1 Å². The van der Waals surface area contributed by atoms with Crippen LogP contribution < -0.4 is 14.8 Å². The van der Waals surface area contributed by atoms with Crippen LogP contribution in [0.2, 0.25) is 0 Å². The van der Waals surface area contributed by atoms with Gasteiger partial charge in [-0.05, 0) is 56.7 Å². The summed E-state index contributed by atoms with van der Waals surface area (Å²) in [5.74, 6) is 0.653. The fourth-order valence-corrected chi connectivity index (χ4v) is 4.69. The highest BCUT2D eigenvalue weighted by Crippen LogP contribution is 2.26. The second-order valence-corrected chi connectivity index (χ2v) is 9.32. The molecule has 7 nitrogen and oxygen atoms in total. The molecule has 8 heteroatoms. The van der Waals surface area contributed by atoms with Crippen LogP contribution in [0.1, 0.15) is 56.6 Å². The average molecular weight is 449 g/mol. The minimum absolute atomic E-state index is 0.0602. The van der Waals surface area contributed by atoms with Gasteiger partial charge in [0.25, 0.3) is 5.91 Å². The summed E-state index contributed by atoms with van der Waals surface area (Å²) in [5.41, 5.74) is 1.07. The van der Waals surface area contributed by atoms with Crippen molar-refractivity contribution in [3.05, 3.63) is 53.6 Å². The normalized spacial score (nSPS) is 12.6. The van der Waals surface area contributed by atoms with Gasteiger partial charge in [0.1, 0.15) is 11.5 Å². The van der Waals surface area contributed by atoms with E-state index in [4.69, 9.17) is 9.47 Å². The molecule has 0 saturated heterocycles. The number of nitrogens with zero attached hydrogens (tertiary/aromatic N) is 1. The van der Waals surface area contributed by atoms with E-state index < -0.39 is 15.9 Å². The number of benzene rings is 2. The molecule has 0 saturated carbocycles. The van der Waals surface area contributed by atoms with Crippen molar-refractivity contribution in [2.45, 2.75) is 51.7 Å². The molecule has 1 amide bonds. The van der Waals surface area contributed by atoms with Gasteiger partial charge < -0.3 is 14.8 Å². The minimum Gasteiger partial charge on any atom is -0.496 e. The number of carbonyl (C=O) groups excluding carboxylic acids is 1. The van der Waals surface area contributed by atoms with Crippen molar-refractivity contribution in [3.8, 4) is 11.5 Å². The van der Waals surface area contributed by atoms with Crippen LogP contribution in [0, 0.1) is 0 Å². The molecule has 2 aromatic rings. The lowest BCUT2D eigenvalue weighted by Crippen LogP contribution is -2.31. The SMILES string of the molecule is CCN(CC)S(=O)(=O)c1ccc(OC)c(C(=O)NC(C)c2ccc(OC(C)C)cc2)c1. The van der Waals surface area contributed by atoms with Crippen molar-refractivity contribution >= 4 is 15.9 Å². The van der Waals surface area contributed by atoms with Crippen LogP contribution in [-0.4, -0.2) is 44.9 Å². The van der Waals surface area contributed by atoms with Crippen LogP contribution in [0.3, 0.4) is 0 Å². The number of amides is 1. The van der Waals surface area contributed by atoms with Gasteiger partial charge >= 0.3 is 0 Å². The number of methoxy groups -OCH3 is 1. The summed E-state index contributed by atoms with van der Waals surface area (Å²) in [5, 5.41) is 2.92. The van der Waals surface area contributed by atoms with Crippen molar-refractivity contribution in [3.63, 3.8) is 0 Å². The van der Waals surface area contributed by atoms with Gasteiger partial charge in [0.2, 0.25) is 10.0 Å². The Morgan fingerprint density at radius 1 is 1.03 bits per heavy atom. The number of hydrogen-bond acceptors (Lipinski definition) is 5. The van der Waals surface area contributed by atoms with Crippen molar-refractivity contribution in [1.29, 1.82) is 0 Å². The zero-order valence-corrected chi connectivity index (χ0v) is 19.8. The number of nitrogens with one attached hydrogen (secondary N) is 1. The Morgan fingerprint density at radius 3 is 2.16 bits per heavy atom. The maximum Gasteiger partial charge on any atom is 0.255 e. The van der Waals surface area contributed by atoms with E-state index in [2.05, 4.69) is 5.32 Å². The number of carbonyl (C=O) groups is 1. The lowest BCUT2D eigenvalue weighted by atomic mass is 10.1. The topological polar surface area (TPSA) is 84.9 Å². The summed E-state index contributed by atoms with van der Waals surface area (Å²) in [7, 11) is -2.25. The van der Waals surface area contributed by atoms with E-state index in [-0.39, 0.29) is 22.6 Å². The fourth-order valence-electron chi connectivity index (χ4n) is 3.20. The van der Waals surface area contributed by atoms with Gasteiger partial charge in [-0.3, -0.25) is 4.79 Å². The zero-order valence-electron chi connectivity index (χ0n) is 19.0. The third-order valence-electron chi connectivity index (χ3n) is 4.86. The Kier molecular flexibility index (Phi) is 8.47. The molecule has 1 atom stereocenters. The lowest BCUT2D eigenvalue weighted by Gasteiger charge is -2.20. The molecule has 0 spiro atoms. The highest BCUT2D eigenvalue weighted by atomic mass is 32.2. The average Bonchev–Trinajstić information content (AvgIpc) is 2.73. The third kappa shape index (κ3) is 5.98. The first kappa shape index (κ1) is 24.7. The van der Waals surface area contributed by atoms with E-state index in [1.54, 1.807) is 13.8 Å². The van der Waals surface area contributed by atoms with Crippen molar-refractivity contribution < 1.29 is 22.7 Å². The quantitative estimate of drug-likeness (QED) is 0.594. The largest absolute Gasteiger partial charge is 0.496 e. The van der Waals surface area contributed by atoms with Crippen molar-refractivity contribution in [2.75, 3.05) is 20.2 Å². The molecule has 0 bridgehead atoms. The Morgan fingerprint density at radius 2 is 1.65 bits per heavy atom. The summed E-state index contributed by atoms with van der Waals surface area (Å²) in [6, 6.07) is 11.5. The van der Waals surface area contributed by atoms with Gasteiger partial charge in [-0.2, -0.15) is 4.31 Å². The Hall–Kier alpha value is -2.58. The predicted molar refractivity (Wildman–Crippen MR) is 121 cm³/mol. The van der Waals surface area contributed by atoms with E-state index in [9.17, 15) is 13.2 Å². The van der Waals surface area contributed by atoms with Gasteiger partial charge in [0.05, 0.1) is 29.7 Å². The van der Waals surface area contributed by atoms with Gasteiger partial charge in [0.15, 0.2) is 0 Å². The van der Waals surface area contributed by atoms with Gasteiger partial charge in [-0.15, -0.1) is 0 Å². The van der Waals surface area contributed by atoms with Crippen LogP contribution >= 0.6 is 0 Å². The highest BCUT2D eigenvalue weighted by Gasteiger charge is 2.25. The second kappa shape index (κ2) is 10.6. The fraction of sp³-hybridized carbons (Fsp3) is 0.435. The minimum atomic E-state index is -3.69. The van der Waals surface area contributed by atoms with E-state index in [1.807, 2.05) is 45.0 Å². The molecule has 0 aliphatic heterocycles. The molecule has 31 heavy (non-hydrogen) atoms. The van der Waals surface area contributed by atoms with E-state index in [0.29, 0.717) is 18.8 Å². The molecule has 0 aliphatic carbocycles. The number of rotatable bonds is 10. The molecule has 2 aromatic carbocycles. The first-order valence-corrected chi connectivity index (χ1v) is 11.8.